The number of carbonyl (C=O) groups is 2. The number of pyridine rings is 1. The Morgan fingerprint density at radius 1 is 1.33 bits per heavy atom. The monoisotopic (exact) mass is 293 g/mol. The summed E-state index contributed by atoms with van der Waals surface area (Å²) in [7, 11) is 0. The van der Waals surface area contributed by atoms with Crippen LogP contribution >= 0.6 is 0 Å². The van der Waals surface area contributed by atoms with Crippen LogP contribution in [-0.4, -0.2) is 40.1 Å². The molecule has 0 atom stereocenters. The van der Waals surface area contributed by atoms with E-state index in [-0.39, 0.29) is 17.4 Å². The van der Waals surface area contributed by atoms with Gasteiger partial charge in [-0.25, -0.2) is 14.6 Å². The second-order valence-corrected chi connectivity index (χ2v) is 4.86. The summed E-state index contributed by atoms with van der Waals surface area (Å²) in [4.78, 5) is 28.8. The van der Waals surface area contributed by atoms with Crippen LogP contribution in [0.1, 0.15) is 44.1 Å². The third-order valence-electron chi connectivity index (χ3n) is 3.55. The predicted octanol–water partition coefficient (Wildman–Crippen LogP) is 3.07. The van der Waals surface area contributed by atoms with Gasteiger partial charge in [0.2, 0.25) is 0 Å². The summed E-state index contributed by atoms with van der Waals surface area (Å²) in [6, 6.07) is 2.85. The number of anilines is 1. The molecule has 0 bridgehead atoms. The number of aromatic carboxylic acids is 1. The maximum absolute atomic E-state index is 12.3. The van der Waals surface area contributed by atoms with Crippen molar-refractivity contribution < 1.29 is 14.7 Å². The average Bonchev–Trinajstić information content (AvgIpc) is 2.48. The molecule has 2 N–H and O–H groups in total. The van der Waals surface area contributed by atoms with E-state index in [1.54, 1.807) is 17.0 Å². The molecule has 0 aromatic carbocycles. The summed E-state index contributed by atoms with van der Waals surface area (Å²) in [5, 5.41) is 11.7. The van der Waals surface area contributed by atoms with Gasteiger partial charge in [0, 0.05) is 19.3 Å². The number of carboxylic acid groups (broad SMARTS) is 1. The highest BCUT2D eigenvalue weighted by molar-refractivity contribution is 5.98. The Kier molecular flexibility index (Phi) is 6.65. The zero-order chi connectivity index (χ0) is 15.8. The molecule has 0 radical (unpaired) electrons. The van der Waals surface area contributed by atoms with E-state index in [2.05, 4.69) is 24.1 Å². The summed E-state index contributed by atoms with van der Waals surface area (Å²) >= 11 is 0. The summed E-state index contributed by atoms with van der Waals surface area (Å²) in [6.07, 6.45) is 3.40. The number of amides is 2. The number of nitrogens with one attached hydrogen (secondary N) is 1. The smallest absolute Gasteiger partial charge is 0.356 e. The van der Waals surface area contributed by atoms with Gasteiger partial charge in [0.1, 0.15) is 0 Å². The van der Waals surface area contributed by atoms with Crippen LogP contribution in [0.15, 0.2) is 18.3 Å². The second kappa shape index (κ2) is 8.24. The molecular weight excluding hydrogens is 270 g/mol. The number of carboxylic acids is 1. The second-order valence-electron chi connectivity index (χ2n) is 4.86. The number of urea groups is 1. The molecule has 0 fully saturated rings. The molecule has 1 aromatic heterocycles. The van der Waals surface area contributed by atoms with Crippen LogP contribution in [-0.2, 0) is 0 Å². The minimum absolute atomic E-state index is 0.149. The van der Waals surface area contributed by atoms with E-state index >= 15 is 0 Å². The maximum Gasteiger partial charge on any atom is 0.356 e. The first-order valence-corrected chi connectivity index (χ1v) is 7.27. The molecule has 6 heteroatoms. The van der Waals surface area contributed by atoms with Gasteiger partial charge >= 0.3 is 12.0 Å². The van der Waals surface area contributed by atoms with Gasteiger partial charge in [-0.2, -0.15) is 0 Å². The van der Waals surface area contributed by atoms with Gasteiger partial charge in [-0.3, -0.25) is 0 Å². The van der Waals surface area contributed by atoms with Gasteiger partial charge in [-0.1, -0.05) is 26.7 Å². The topological polar surface area (TPSA) is 82.5 Å². The summed E-state index contributed by atoms with van der Waals surface area (Å²) in [6.45, 7) is 7.35. The molecule has 0 aliphatic carbocycles. The molecular formula is C15H23N3O3. The van der Waals surface area contributed by atoms with Crippen LogP contribution in [0.2, 0.25) is 0 Å². The molecule has 0 unspecified atom stereocenters. The van der Waals surface area contributed by atoms with Gasteiger partial charge in [0.25, 0.3) is 0 Å². The van der Waals surface area contributed by atoms with Gasteiger partial charge < -0.3 is 15.3 Å². The molecule has 0 spiro atoms. The lowest BCUT2D eigenvalue weighted by molar-refractivity contribution is 0.0691. The van der Waals surface area contributed by atoms with Crippen LogP contribution in [0.25, 0.3) is 0 Å². The fraction of sp³-hybridized carbons (Fsp3) is 0.533. The van der Waals surface area contributed by atoms with E-state index in [0.29, 0.717) is 19.0 Å². The lowest BCUT2D eigenvalue weighted by Gasteiger charge is -2.25. The summed E-state index contributed by atoms with van der Waals surface area (Å²) < 4.78 is 0. The number of hydrogen-bond donors (Lipinski definition) is 2. The van der Waals surface area contributed by atoms with E-state index in [0.717, 1.165) is 12.8 Å². The van der Waals surface area contributed by atoms with E-state index in [9.17, 15) is 9.59 Å². The standard InChI is InChI=1S/C15H23N3O3/c1-4-11(5-2)10-18(6-3)15(21)17-12-8-7-9-16-13(12)14(19)20/h7-9,11H,4-6,10H2,1-3H3,(H,17,21)(H,19,20). The van der Waals surface area contributed by atoms with Crippen molar-refractivity contribution in [3.63, 3.8) is 0 Å². The molecule has 1 heterocycles. The van der Waals surface area contributed by atoms with Crippen molar-refractivity contribution in [3.8, 4) is 0 Å². The Bertz CT molecular complexity index is 487. The minimum Gasteiger partial charge on any atom is -0.476 e. The number of hydrogen-bond acceptors (Lipinski definition) is 3. The largest absolute Gasteiger partial charge is 0.476 e. The van der Waals surface area contributed by atoms with Crippen LogP contribution in [0.3, 0.4) is 0 Å². The fourth-order valence-electron chi connectivity index (χ4n) is 2.09. The summed E-state index contributed by atoms with van der Waals surface area (Å²) in [5.74, 6) is -0.711. The number of carbonyl (C=O) groups excluding carboxylic acids is 1. The number of rotatable bonds is 7. The molecule has 1 rings (SSSR count). The van der Waals surface area contributed by atoms with Crippen LogP contribution in [0.4, 0.5) is 10.5 Å². The van der Waals surface area contributed by atoms with E-state index in [1.807, 2.05) is 6.92 Å². The Morgan fingerprint density at radius 3 is 2.52 bits per heavy atom. The lowest BCUT2D eigenvalue weighted by atomic mass is 10.0. The van der Waals surface area contributed by atoms with Crippen LogP contribution < -0.4 is 5.32 Å². The van der Waals surface area contributed by atoms with E-state index in [1.165, 1.54) is 6.20 Å². The highest BCUT2D eigenvalue weighted by Gasteiger charge is 2.18. The highest BCUT2D eigenvalue weighted by Crippen LogP contribution is 2.15. The zero-order valence-corrected chi connectivity index (χ0v) is 12.8. The molecule has 2 amide bonds. The van der Waals surface area contributed by atoms with Crippen LogP contribution in [0.5, 0.6) is 0 Å². The summed E-state index contributed by atoms with van der Waals surface area (Å²) in [5.41, 5.74) is 0.0717. The highest BCUT2D eigenvalue weighted by atomic mass is 16.4. The Morgan fingerprint density at radius 2 is 2.00 bits per heavy atom. The van der Waals surface area contributed by atoms with Crippen molar-refractivity contribution in [1.82, 2.24) is 9.88 Å². The normalized spacial score (nSPS) is 10.5. The van der Waals surface area contributed by atoms with Gasteiger partial charge in [-0.05, 0) is 25.0 Å². The Balaban J connectivity index is 2.81. The third-order valence-corrected chi connectivity index (χ3v) is 3.55. The molecule has 116 valence electrons. The van der Waals surface area contributed by atoms with Gasteiger partial charge in [0.05, 0.1) is 5.69 Å². The molecule has 0 saturated carbocycles. The molecule has 6 nitrogen and oxygen atoms in total. The van der Waals surface area contributed by atoms with Crippen molar-refractivity contribution >= 4 is 17.7 Å². The average molecular weight is 293 g/mol. The zero-order valence-electron chi connectivity index (χ0n) is 12.8. The first-order chi connectivity index (χ1) is 10.0. The van der Waals surface area contributed by atoms with Crippen molar-refractivity contribution in [1.29, 1.82) is 0 Å². The molecule has 0 aliphatic rings. The first-order valence-electron chi connectivity index (χ1n) is 7.27. The minimum atomic E-state index is -1.16. The number of nitrogens with zero attached hydrogens (tertiary/aromatic N) is 2. The fourth-order valence-corrected chi connectivity index (χ4v) is 2.09. The van der Waals surface area contributed by atoms with E-state index < -0.39 is 5.97 Å². The Labute approximate surface area is 125 Å². The SMILES string of the molecule is CCC(CC)CN(CC)C(=O)Nc1cccnc1C(=O)O. The molecule has 1 aromatic rings. The lowest BCUT2D eigenvalue weighted by Crippen LogP contribution is -2.38. The molecule has 0 saturated heterocycles. The Hall–Kier alpha value is -2.11. The van der Waals surface area contributed by atoms with Crippen LogP contribution in [0, 0.1) is 5.92 Å². The molecule has 21 heavy (non-hydrogen) atoms. The quantitative estimate of drug-likeness (QED) is 0.809. The van der Waals surface area contributed by atoms with Gasteiger partial charge in [0.15, 0.2) is 5.69 Å². The van der Waals surface area contributed by atoms with Crippen molar-refractivity contribution in [3.05, 3.63) is 24.0 Å². The molecule has 0 aliphatic heterocycles. The van der Waals surface area contributed by atoms with Gasteiger partial charge in [-0.15, -0.1) is 0 Å². The maximum atomic E-state index is 12.3. The van der Waals surface area contributed by atoms with Crippen molar-refractivity contribution in [2.45, 2.75) is 33.6 Å². The van der Waals surface area contributed by atoms with E-state index in [4.69, 9.17) is 5.11 Å². The van der Waals surface area contributed by atoms with Crippen molar-refractivity contribution in [2.24, 2.45) is 5.92 Å². The first kappa shape index (κ1) is 16.9. The predicted molar refractivity (Wildman–Crippen MR) is 81.5 cm³/mol. The van der Waals surface area contributed by atoms with Crippen molar-refractivity contribution in [2.75, 3.05) is 18.4 Å². The number of aromatic nitrogens is 1. The third kappa shape index (κ3) is 4.73.